The quantitative estimate of drug-likeness (QED) is 0.721. The lowest BCUT2D eigenvalue weighted by atomic mass is 9.95. The second-order valence-corrected chi connectivity index (χ2v) is 4.05. The third kappa shape index (κ3) is 2.37. The van der Waals surface area contributed by atoms with Gasteiger partial charge in [-0.3, -0.25) is 0 Å². The van der Waals surface area contributed by atoms with Crippen molar-refractivity contribution in [3.63, 3.8) is 0 Å². The van der Waals surface area contributed by atoms with Crippen LogP contribution in [-0.4, -0.2) is 6.61 Å². The molecule has 0 N–H and O–H groups in total. The molecular weight excluding hydrogens is 191 g/mol. The molecule has 1 heterocycles. The fraction of sp³-hybridized carbons (Fsp3) is 0.538. The molecular formula is C13H17FO. The van der Waals surface area contributed by atoms with Gasteiger partial charge in [0.1, 0.15) is 5.82 Å². The zero-order valence-electron chi connectivity index (χ0n) is 9.13. The zero-order valence-corrected chi connectivity index (χ0v) is 9.13. The summed E-state index contributed by atoms with van der Waals surface area (Å²) in [6, 6.07) is 5.04. The third-order valence-corrected chi connectivity index (χ3v) is 3.02. The second kappa shape index (κ2) is 4.75. The third-order valence-electron chi connectivity index (χ3n) is 3.02. The molecule has 2 heteroatoms. The van der Waals surface area contributed by atoms with Crippen LogP contribution in [-0.2, 0) is 11.2 Å². The SMILES string of the molecule is CCc1ccc(F)cc1[C@@H]1CCCCO1. The summed E-state index contributed by atoms with van der Waals surface area (Å²) in [5, 5.41) is 0. The molecule has 1 atom stereocenters. The van der Waals surface area contributed by atoms with E-state index in [0.717, 1.165) is 31.4 Å². The highest BCUT2D eigenvalue weighted by molar-refractivity contribution is 5.30. The van der Waals surface area contributed by atoms with Crippen molar-refractivity contribution >= 4 is 0 Å². The minimum Gasteiger partial charge on any atom is -0.374 e. The summed E-state index contributed by atoms with van der Waals surface area (Å²) >= 11 is 0. The van der Waals surface area contributed by atoms with Gasteiger partial charge in [0.2, 0.25) is 0 Å². The standard InChI is InChI=1S/C13H17FO/c1-2-10-6-7-11(14)9-12(10)13-5-3-4-8-15-13/h6-7,9,13H,2-5,8H2,1H3/t13-/m0/s1. The number of hydrogen-bond donors (Lipinski definition) is 0. The van der Waals surface area contributed by atoms with E-state index in [1.165, 1.54) is 18.1 Å². The molecule has 1 aliphatic heterocycles. The van der Waals surface area contributed by atoms with Gasteiger partial charge in [-0.2, -0.15) is 0 Å². The minimum atomic E-state index is -0.156. The number of aryl methyl sites for hydroxylation is 1. The predicted molar refractivity (Wildman–Crippen MR) is 58.3 cm³/mol. The topological polar surface area (TPSA) is 9.23 Å². The molecule has 1 aromatic carbocycles. The molecule has 0 bridgehead atoms. The van der Waals surface area contributed by atoms with Gasteiger partial charge in [0.05, 0.1) is 6.10 Å². The lowest BCUT2D eigenvalue weighted by molar-refractivity contribution is 0.0143. The zero-order chi connectivity index (χ0) is 10.7. The highest BCUT2D eigenvalue weighted by Crippen LogP contribution is 2.30. The Kier molecular flexibility index (Phi) is 3.37. The molecule has 0 aliphatic carbocycles. The molecule has 0 amide bonds. The molecule has 1 nitrogen and oxygen atoms in total. The Morgan fingerprint density at radius 1 is 1.40 bits per heavy atom. The summed E-state index contributed by atoms with van der Waals surface area (Å²) in [4.78, 5) is 0. The van der Waals surface area contributed by atoms with Gasteiger partial charge in [-0.25, -0.2) is 4.39 Å². The number of ether oxygens (including phenoxy) is 1. The van der Waals surface area contributed by atoms with Crippen molar-refractivity contribution < 1.29 is 9.13 Å². The van der Waals surface area contributed by atoms with Gasteiger partial charge in [-0.1, -0.05) is 13.0 Å². The molecule has 2 rings (SSSR count). The number of benzene rings is 1. The van der Waals surface area contributed by atoms with E-state index in [2.05, 4.69) is 6.92 Å². The smallest absolute Gasteiger partial charge is 0.123 e. The van der Waals surface area contributed by atoms with E-state index in [1.807, 2.05) is 6.07 Å². The number of hydrogen-bond acceptors (Lipinski definition) is 1. The van der Waals surface area contributed by atoms with Gasteiger partial charge in [-0.15, -0.1) is 0 Å². The van der Waals surface area contributed by atoms with Gasteiger partial charge >= 0.3 is 0 Å². The van der Waals surface area contributed by atoms with Gasteiger partial charge in [0.15, 0.2) is 0 Å². The highest BCUT2D eigenvalue weighted by atomic mass is 19.1. The average molecular weight is 208 g/mol. The first kappa shape index (κ1) is 10.6. The van der Waals surface area contributed by atoms with E-state index < -0.39 is 0 Å². The van der Waals surface area contributed by atoms with E-state index in [9.17, 15) is 4.39 Å². The summed E-state index contributed by atoms with van der Waals surface area (Å²) in [7, 11) is 0. The largest absolute Gasteiger partial charge is 0.374 e. The first-order valence-electron chi connectivity index (χ1n) is 5.71. The van der Waals surface area contributed by atoms with Crippen LogP contribution in [0.2, 0.25) is 0 Å². The molecule has 0 unspecified atom stereocenters. The molecule has 0 aromatic heterocycles. The van der Waals surface area contributed by atoms with Gasteiger partial charge in [-0.05, 0) is 48.9 Å². The summed E-state index contributed by atoms with van der Waals surface area (Å²) in [6.45, 7) is 2.91. The molecule has 1 aliphatic rings. The van der Waals surface area contributed by atoms with Crippen LogP contribution < -0.4 is 0 Å². The lowest BCUT2D eigenvalue weighted by Gasteiger charge is -2.24. The lowest BCUT2D eigenvalue weighted by Crippen LogP contribution is -2.13. The van der Waals surface area contributed by atoms with Crippen LogP contribution >= 0.6 is 0 Å². The van der Waals surface area contributed by atoms with Crippen molar-refractivity contribution in [2.24, 2.45) is 0 Å². The summed E-state index contributed by atoms with van der Waals surface area (Å²) in [6.07, 6.45) is 4.40. The fourth-order valence-corrected chi connectivity index (χ4v) is 2.17. The van der Waals surface area contributed by atoms with Gasteiger partial charge in [0.25, 0.3) is 0 Å². The number of halogens is 1. The van der Waals surface area contributed by atoms with E-state index in [4.69, 9.17) is 4.74 Å². The van der Waals surface area contributed by atoms with E-state index in [0.29, 0.717) is 0 Å². The first-order chi connectivity index (χ1) is 7.31. The van der Waals surface area contributed by atoms with Crippen molar-refractivity contribution in [3.05, 3.63) is 35.1 Å². The molecule has 0 radical (unpaired) electrons. The van der Waals surface area contributed by atoms with E-state index in [1.54, 1.807) is 6.07 Å². The molecule has 0 spiro atoms. The molecule has 1 fully saturated rings. The molecule has 15 heavy (non-hydrogen) atoms. The number of rotatable bonds is 2. The Labute approximate surface area is 90.3 Å². The maximum atomic E-state index is 13.2. The molecule has 82 valence electrons. The monoisotopic (exact) mass is 208 g/mol. The molecule has 0 saturated carbocycles. The molecule has 1 aromatic rings. The van der Waals surface area contributed by atoms with E-state index >= 15 is 0 Å². The maximum Gasteiger partial charge on any atom is 0.123 e. The average Bonchev–Trinajstić information content (AvgIpc) is 2.30. The van der Waals surface area contributed by atoms with Crippen LogP contribution in [0.25, 0.3) is 0 Å². The molecule has 1 saturated heterocycles. The van der Waals surface area contributed by atoms with Gasteiger partial charge < -0.3 is 4.74 Å². The van der Waals surface area contributed by atoms with Crippen LogP contribution in [0.3, 0.4) is 0 Å². The van der Waals surface area contributed by atoms with Crippen LogP contribution in [0.1, 0.15) is 43.4 Å². The van der Waals surface area contributed by atoms with Crippen LogP contribution in [0, 0.1) is 5.82 Å². The normalized spacial score (nSPS) is 21.6. The van der Waals surface area contributed by atoms with Crippen molar-refractivity contribution in [3.8, 4) is 0 Å². The van der Waals surface area contributed by atoms with Crippen molar-refractivity contribution in [1.29, 1.82) is 0 Å². The Balaban J connectivity index is 2.27. The van der Waals surface area contributed by atoms with Crippen molar-refractivity contribution in [2.75, 3.05) is 6.61 Å². The van der Waals surface area contributed by atoms with Crippen molar-refractivity contribution in [1.82, 2.24) is 0 Å². The summed E-state index contributed by atoms with van der Waals surface area (Å²) in [5.74, 6) is -0.156. The minimum absolute atomic E-state index is 0.115. The summed E-state index contributed by atoms with van der Waals surface area (Å²) in [5.41, 5.74) is 2.26. The van der Waals surface area contributed by atoms with E-state index in [-0.39, 0.29) is 11.9 Å². The Morgan fingerprint density at radius 2 is 2.27 bits per heavy atom. The second-order valence-electron chi connectivity index (χ2n) is 4.05. The Hall–Kier alpha value is -0.890. The van der Waals surface area contributed by atoms with Crippen LogP contribution in [0.15, 0.2) is 18.2 Å². The first-order valence-corrected chi connectivity index (χ1v) is 5.71. The predicted octanol–water partition coefficient (Wildman–Crippen LogP) is 3.63. The fourth-order valence-electron chi connectivity index (χ4n) is 2.17. The summed E-state index contributed by atoms with van der Waals surface area (Å²) < 4.78 is 18.9. The van der Waals surface area contributed by atoms with Crippen LogP contribution in [0.5, 0.6) is 0 Å². The Bertz CT molecular complexity index is 329. The van der Waals surface area contributed by atoms with Crippen LogP contribution in [0.4, 0.5) is 4.39 Å². The van der Waals surface area contributed by atoms with Crippen molar-refractivity contribution in [2.45, 2.75) is 38.7 Å². The van der Waals surface area contributed by atoms with Gasteiger partial charge in [0, 0.05) is 6.61 Å². The maximum absolute atomic E-state index is 13.2. The Morgan fingerprint density at radius 3 is 2.93 bits per heavy atom. The highest BCUT2D eigenvalue weighted by Gasteiger charge is 2.18.